The number of halogens is 2. The van der Waals surface area contributed by atoms with Crippen molar-refractivity contribution in [3.05, 3.63) is 71.8 Å². The third kappa shape index (κ3) is 6.73. The van der Waals surface area contributed by atoms with Gasteiger partial charge < -0.3 is 15.1 Å². The van der Waals surface area contributed by atoms with Gasteiger partial charge in [-0.25, -0.2) is 13.8 Å². The lowest BCUT2D eigenvalue weighted by Gasteiger charge is -2.09. The molecule has 0 saturated heterocycles. The highest BCUT2D eigenvalue weighted by molar-refractivity contribution is 5.90. The Labute approximate surface area is 185 Å². The lowest BCUT2D eigenvalue weighted by atomic mass is 10.1. The summed E-state index contributed by atoms with van der Waals surface area (Å²) >= 11 is 0. The van der Waals surface area contributed by atoms with E-state index in [9.17, 15) is 18.4 Å². The van der Waals surface area contributed by atoms with Crippen molar-refractivity contribution in [3.8, 4) is 11.3 Å². The van der Waals surface area contributed by atoms with Crippen LogP contribution in [0.4, 0.5) is 14.5 Å². The predicted molar refractivity (Wildman–Crippen MR) is 117 cm³/mol. The first kappa shape index (κ1) is 23.1. The maximum Gasteiger partial charge on any atom is 0.224 e. The Morgan fingerprint density at radius 3 is 2.66 bits per heavy atom. The Bertz CT molecular complexity index is 1100. The largest absolute Gasteiger partial charge is 0.441 e. The molecule has 0 unspecified atom stereocenters. The second-order valence-corrected chi connectivity index (χ2v) is 7.87. The number of hydrogen-bond donors (Lipinski definition) is 2. The summed E-state index contributed by atoms with van der Waals surface area (Å²) in [7, 11) is 0. The van der Waals surface area contributed by atoms with Crippen LogP contribution in [0.2, 0.25) is 0 Å². The van der Waals surface area contributed by atoms with E-state index in [0.29, 0.717) is 18.7 Å². The van der Waals surface area contributed by atoms with Gasteiger partial charge in [0, 0.05) is 37.6 Å². The Balaban J connectivity index is 1.48. The molecule has 0 aliphatic rings. The van der Waals surface area contributed by atoms with Crippen LogP contribution in [-0.4, -0.2) is 16.8 Å². The van der Waals surface area contributed by atoms with Crippen LogP contribution in [0.1, 0.15) is 38.1 Å². The maximum atomic E-state index is 13.9. The van der Waals surface area contributed by atoms with Crippen molar-refractivity contribution < 1.29 is 22.8 Å². The summed E-state index contributed by atoms with van der Waals surface area (Å²) in [5.74, 6) is -0.937. The summed E-state index contributed by atoms with van der Waals surface area (Å²) in [6, 6.07) is 10.5. The van der Waals surface area contributed by atoms with E-state index in [1.165, 1.54) is 12.3 Å². The summed E-state index contributed by atoms with van der Waals surface area (Å²) < 4.78 is 32.4. The molecule has 1 aromatic heterocycles. The van der Waals surface area contributed by atoms with Crippen molar-refractivity contribution in [1.29, 1.82) is 0 Å². The normalized spacial score (nSPS) is 10.9. The number of hydrogen-bond acceptors (Lipinski definition) is 4. The third-order valence-electron chi connectivity index (χ3n) is 4.61. The Kier molecular flexibility index (Phi) is 7.70. The Morgan fingerprint density at radius 1 is 1.09 bits per heavy atom. The lowest BCUT2D eigenvalue weighted by Crippen LogP contribution is -2.23. The molecular weight excluding hydrogens is 416 g/mol. The van der Waals surface area contributed by atoms with Crippen LogP contribution in [-0.2, 0) is 22.6 Å². The average Bonchev–Trinajstić information content (AvgIpc) is 3.19. The van der Waals surface area contributed by atoms with Gasteiger partial charge in [-0.15, -0.1) is 0 Å². The molecule has 8 heteroatoms. The quantitative estimate of drug-likeness (QED) is 0.497. The van der Waals surface area contributed by atoms with Gasteiger partial charge in [-0.2, -0.15) is 0 Å². The van der Waals surface area contributed by atoms with Gasteiger partial charge in [0.1, 0.15) is 11.6 Å². The zero-order chi connectivity index (χ0) is 23.1. The number of benzene rings is 2. The molecule has 3 aromatic rings. The number of aryl methyl sites for hydroxylation is 1. The monoisotopic (exact) mass is 441 g/mol. The Hall–Kier alpha value is -3.55. The molecule has 168 valence electrons. The van der Waals surface area contributed by atoms with Crippen molar-refractivity contribution in [3.63, 3.8) is 0 Å². The van der Waals surface area contributed by atoms with Crippen LogP contribution in [0.5, 0.6) is 0 Å². The van der Waals surface area contributed by atoms with Crippen molar-refractivity contribution in [1.82, 2.24) is 10.3 Å². The van der Waals surface area contributed by atoms with Crippen molar-refractivity contribution in [2.24, 2.45) is 5.92 Å². The minimum absolute atomic E-state index is 0.0491. The Morgan fingerprint density at radius 2 is 1.91 bits per heavy atom. The van der Waals surface area contributed by atoms with Crippen molar-refractivity contribution in [2.75, 3.05) is 5.32 Å². The summed E-state index contributed by atoms with van der Waals surface area (Å²) in [6.07, 6.45) is 2.16. The third-order valence-corrected chi connectivity index (χ3v) is 4.61. The number of nitrogens with zero attached hydrogens (tertiary/aromatic N) is 1. The summed E-state index contributed by atoms with van der Waals surface area (Å²) in [5.41, 5.74) is 1.64. The van der Waals surface area contributed by atoms with Gasteiger partial charge >= 0.3 is 0 Å². The number of rotatable bonds is 9. The summed E-state index contributed by atoms with van der Waals surface area (Å²) in [5, 5.41) is 5.66. The summed E-state index contributed by atoms with van der Waals surface area (Å²) in [4.78, 5) is 28.2. The van der Waals surface area contributed by atoms with Gasteiger partial charge in [-0.1, -0.05) is 26.0 Å². The van der Waals surface area contributed by atoms with Crippen LogP contribution in [0.15, 0.2) is 53.1 Å². The van der Waals surface area contributed by atoms with Crippen molar-refractivity contribution >= 4 is 17.5 Å². The molecule has 2 aromatic carbocycles. The molecule has 0 fully saturated rings. The van der Waals surface area contributed by atoms with Crippen LogP contribution < -0.4 is 10.6 Å². The molecule has 0 atom stereocenters. The molecule has 3 rings (SSSR count). The first-order valence-corrected chi connectivity index (χ1v) is 10.4. The fraction of sp³-hybridized carbons (Fsp3) is 0.292. The SMILES string of the molecule is CC(C)CC(=O)Nc1cccc(CNC(=O)CCc2ncc(-c3ccc(F)cc3F)o2)c1. The van der Waals surface area contributed by atoms with E-state index < -0.39 is 11.6 Å². The summed E-state index contributed by atoms with van der Waals surface area (Å²) in [6.45, 7) is 4.27. The average molecular weight is 441 g/mol. The minimum atomic E-state index is -0.743. The highest BCUT2D eigenvalue weighted by Crippen LogP contribution is 2.24. The van der Waals surface area contributed by atoms with Gasteiger partial charge in [-0.05, 0) is 35.7 Å². The molecule has 1 heterocycles. The molecule has 0 bridgehead atoms. The molecule has 0 saturated carbocycles. The van der Waals surface area contributed by atoms with Crippen LogP contribution in [0.3, 0.4) is 0 Å². The number of carbonyl (C=O) groups is 2. The van der Waals surface area contributed by atoms with E-state index in [-0.39, 0.29) is 47.8 Å². The van der Waals surface area contributed by atoms with Crippen molar-refractivity contribution in [2.45, 2.75) is 39.7 Å². The second-order valence-electron chi connectivity index (χ2n) is 7.87. The maximum absolute atomic E-state index is 13.9. The molecule has 0 spiro atoms. The number of oxazole rings is 1. The standard InChI is InChI=1S/C24H25F2N3O3/c1-15(2)10-23(31)29-18-5-3-4-16(11-18)13-27-22(30)8-9-24-28-14-21(32-24)19-7-6-17(25)12-20(19)26/h3-7,11-12,14-15H,8-10,13H2,1-2H3,(H,27,30)(H,29,31). The minimum Gasteiger partial charge on any atom is -0.441 e. The fourth-order valence-corrected chi connectivity index (χ4v) is 3.09. The zero-order valence-electron chi connectivity index (χ0n) is 18.0. The van der Waals surface area contributed by atoms with E-state index in [2.05, 4.69) is 15.6 Å². The van der Waals surface area contributed by atoms with Crippen LogP contribution >= 0.6 is 0 Å². The van der Waals surface area contributed by atoms with E-state index in [0.717, 1.165) is 17.7 Å². The second kappa shape index (κ2) is 10.7. The van der Waals surface area contributed by atoms with Gasteiger partial charge in [0.2, 0.25) is 11.8 Å². The fourth-order valence-electron chi connectivity index (χ4n) is 3.09. The van der Waals surface area contributed by atoms with E-state index in [1.807, 2.05) is 32.0 Å². The zero-order valence-corrected chi connectivity index (χ0v) is 18.0. The molecule has 0 radical (unpaired) electrons. The molecule has 2 N–H and O–H groups in total. The van der Waals surface area contributed by atoms with Gasteiger partial charge in [0.05, 0.1) is 11.8 Å². The number of aromatic nitrogens is 1. The van der Waals surface area contributed by atoms with E-state index in [1.54, 1.807) is 6.07 Å². The van der Waals surface area contributed by atoms with E-state index in [4.69, 9.17) is 4.42 Å². The molecule has 0 aliphatic heterocycles. The molecule has 0 aliphatic carbocycles. The molecule has 2 amide bonds. The van der Waals surface area contributed by atoms with Gasteiger partial charge in [-0.3, -0.25) is 9.59 Å². The van der Waals surface area contributed by atoms with Gasteiger partial charge in [0.25, 0.3) is 0 Å². The first-order valence-electron chi connectivity index (χ1n) is 10.4. The molecule has 32 heavy (non-hydrogen) atoms. The number of nitrogens with one attached hydrogen (secondary N) is 2. The topological polar surface area (TPSA) is 84.2 Å². The van der Waals surface area contributed by atoms with Crippen LogP contribution in [0, 0.1) is 17.6 Å². The number of carbonyl (C=O) groups excluding carboxylic acids is 2. The number of anilines is 1. The first-order chi connectivity index (χ1) is 15.3. The highest BCUT2D eigenvalue weighted by Gasteiger charge is 2.13. The van der Waals surface area contributed by atoms with Gasteiger partial charge in [0.15, 0.2) is 11.7 Å². The predicted octanol–water partition coefficient (Wildman–Crippen LogP) is 4.85. The smallest absolute Gasteiger partial charge is 0.224 e. The highest BCUT2D eigenvalue weighted by atomic mass is 19.1. The molecular formula is C24H25F2N3O3. The van der Waals surface area contributed by atoms with Crippen LogP contribution in [0.25, 0.3) is 11.3 Å². The molecule has 6 nitrogen and oxygen atoms in total. The lowest BCUT2D eigenvalue weighted by molar-refractivity contribution is -0.121. The van der Waals surface area contributed by atoms with E-state index >= 15 is 0 Å². The number of amides is 2.